The van der Waals surface area contributed by atoms with E-state index in [1.807, 2.05) is 13.0 Å². The van der Waals surface area contributed by atoms with Crippen LogP contribution in [0, 0.1) is 6.92 Å². The number of carbonyl (C=O) groups is 1. The summed E-state index contributed by atoms with van der Waals surface area (Å²) in [4.78, 5) is 11.9. The maximum atomic E-state index is 11.9. The van der Waals surface area contributed by atoms with E-state index in [0.717, 1.165) is 11.4 Å². The van der Waals surface area contributed by atoms with Crippen LogP contribution < -0.4 is 5.73 Å². The number of nitrogens with two attached hydrogens (primary N) is 1. The van der Waals surface area contributed by atoms with Crippen LogP contribution in [0.5, 0.6) is 0 Å². The van der Waals surface area contributed by atoms with E-state index in [1.165, 1.54) is 0 Å². The van der Waals surface area contributed by atoms with E-state index in [-0.39, 0.29) is 17.2 Å². The van der Waals surface area contributed by atoms with Crippen molar-refractivity contribution in [3.05, 3.63) is 46.2 Å². The Balaban J connectivity index is 2.10. The van der Waals surface area contributed by atoms with Crippen molar-refractivity contribution in [2.24, 2.45) is 7.05 Å². The summed E-state index contributed by atoms with van der Waals surface area (Å²) in [6, 6.07) is 6.72. The van der Waals surface area contributed by atoms with Crippen molar-refractivity contribution in [3.63, 3.8) is 0 Å². The minimum atomic E-state index is -0.504. The fourth-order valence-corrected chi connectivity index (χ4v) is 1.93. The van der Waals surface area contributed by atoms with Crippen LogP contribution in [-0.4, -0.2) is 15.7 Å². The van der Waals surface area contributed by atoms with E-state index >= 15 is 0 Å². The molecule has 2 aromatic rings. The van der Waals surface area contributed by atoms with Crippen molar-refractivity contribution in [1.82, 2.24) is 9.78 Å². The molecule has 0 aliphatic rings. The molecule has 0 unspecified atom stereocenters. The topological polar surface area (TPSA) is 70.1 Å². The summed E-state index contributed by atoms with van der Waals surface area (Å²) in [5.41, 5.74) is 7.94. The number of anilines is 1. The van der Waals surface area contributed by atoms with Gasteiger partial charge in [0.1, 0.15) is 6.61 Å². The lowest BCUT2D eigenvalue weighted by atomic mass is 10.2. The van der Waals surface area contributed by atoms with Crippen molar-refractivity contribution < 1.29 is 9.53 Å². The number of hydrogen-bond acceptors (Lipinski definition) is 4. The van der Waals surface area contributed by atoms with Gasteiger partial charge in [0.05, 0.1) is 27.7 Å². The molecule has 0 saturated heterocycles. The maximum absolute atomic E-state index is 11.9. The van der Waals surface area contributed by atoms with Crippen molar-refractivity contribution in [1.29, 1.82) is 0 Å². The first kappa shape index (κ1) is 13.4. The molecule has 19 heavy (non-hydrogen) atoms. The highest BCUT2D eigenvalue weighted by Gasteiger charge is 2.14. The highest BCUT2D eigenvalue weighted by Crippen LogP contribution is 2.23. The Morgan fingerprint density at radius 1 is 1.53 bits per heavy atom. The summed E-state index contributed by atoms with van der Waals surface area (Å²) in [6.07, 6.45) is 0. The molecule has 2 N–H and O–H groups in total. The molecule has 0 radical (unpaired) electrons. The van der Waals surface area contributed by atoms with Crippen LogP contribution in [0.15, 0.2) is 24.3 Å². The fraction of sp³-hybridized carbons (Fsp3) is 0.231. The number of aromatic nitrogens is 2. The standard InChI is InChI=1S/C13H14ClN3O2/c1-8-6-9(17(2)16-8)7-19-13(18)10-4-3-5-11(15)12(10)14/h3-6H,7,15H2,1-2H3. The molecule has 0 aliphatic carbocycles. The zero-order valence-electron chi connectivity index (χ0n) is 10.7. The zero-order valence-corrected chi connectivity index (χ0v) is 11.4. The summed E-state index contributed by atoms with van der Waals surface area (Å²) in [6.45, 7) is 2.02. The molecular formula is C13H14ClN3O2. The van der Waals surface area contributed by atoms with Crippen molar-refractivity contribution in [3.8, 4) is 0 Å². The average molecular weight is 280 g/mol. The molecule has 0 spiro atoms. The third-order valence-corrected chi connectivity index (χ3v) is 3.12. The van der Waals surface area contributed by atoms with Gasteiger partial charge in [-0.15, -0.1) is 0 Å². The first-order valence-corrected chi connectivity index (χ1v) is 6.07. The smallest absolute Gasteiger partial charge is 0.340 e. The number of benzene rings is 1. The van der Waals surface area contributed by atoms with E-state index in [9.17, 15) is 4.79 Å². The van der Waals surface area contributed by atoms with Crippen LogP contribution in [0.2, 0.25) is 5.02 Å². The highest BCUT2D eigenvalue weighted by molar-refractivity contribution is 6.36. The monoisotopic (exact) mass is 279 g/mol. The molecular weight excluding hydrogens is 266 g/mol. The first-order valence-electron chi connectivity index (χ1n) is 5.69. The van der Waals surface area contributed by atoms with Crippen LogP contribution in [0.3, 0.4) is 0 Å². The van der Waals surface area contributed by atoms with Crippen LogP contribution >= 0.6 is 11.6 Å². The molecule has 1 aromatic heterocycles. The third kappa shape index (κ3) is 2.88. The lowest BCUT2D eigenvalue weighted by molar-refractivity contribution is 0.0464. The number of carbonyl (C=O) groups excluding carboxylic acids is 1. The Labute approximate surface area is 115 Å². The van der Waals surface area contributed by atoms with Gasteiger partial charge in [-0.3, -0.25) is 4.68 Å². The van der Waals surface area contributed by atoms with Crippen LogP contribution in [0.4, 0.5) is 5.69 Å². The molecule has 1 heterocycles. The Morgan fingerprint density at radius 3 is 2.89 bits per heavy atom. The minimum absolute atomic E-state index is 0.140. The lowest BCUT2D eigenvalue weighted by Gasteiger charge is -2.07. The molecule has 5 nitrogen and oxygen atoms in total. The van der Waals surface area contributed by atoms with Gasteiger partial charge < -0.3 is 10.5 Å². The van der Waals surface area contributed by atoms with Crippen LogP contribution in [0.25, 0.3) is 0 Å². The van der Waals surface area contributed by atoms with Gasteiger partial charge in [0, 0.05) is 7.05 Å². The van der Waals surface area contributed by atoms with Gasteiger partial charge in [-0.05, 0) is 25.1 Å². The summed E-state index contributed by atoms with van der Waals surface area (Å²) in [5, 5.41) is 4.39. The number of ether oxygens (including phenoxy) is 1. The number of rotatable bonds is 3. The second kappa shape index (κ2) is 5.32. The Kier molecular flexibility index (Phi) is 3.76. The van der Waals surface area contributed by atoms with Crippen molar-refractivity contribution in [2.45, 2.75) is 13.5 Å². The maximum Gasteiger partial charge on any atom is 0.340 e. The minimum Gasteiger partial charge on any atom is -0.456 e. The highest BCUT2D eigenvalue weighted by atomic mass is 35.5. The van der Waals surface area contributed by atoms with E-state index in [1.54, 1.807) is 29.9 Å². The van der Waals surface area contributed by atoms with Crippen LogP contribution in [0.1, 0.15) is 21.7 Å². The number of esters is 1. The Morgan fingerprint density at radius 2 is 2.26 bits per heavy atom. The quantitative estimate of drug-likeness (QED) is 0.691. The van der Waals surface area contributed by atoms with E-state index in [2.05, 4.69) is 5.10 Å². The van der Waals surface area contributed by atoms with Crippen LogP contribution in [-0.2, 0) is 18.4 Å². The molecule has 0 aliphatic heterocycles. The van der Waals surface area contributed by atoms with Gasteiger partial charge in [0.25, 0.3) is 0 Å². The number of nitrogens with zero attached hydrogens (tertiary/aromatic N) is 2. The number of nitrogen functional groups attached to an aromatic ring is 1. The second-order valence-electron chi connectivity index (χ2n) is 4.19. The summed E-state index contributed by atoms with van der Waals surface area (Å²) in [7, 11) is 1.80. The molecule has 6 heteroatoms. The van der Waals surface area contributed by atoms with Gasteiger partial charge in [-0.25, -0.2) is 4.79 Å². The normalized spacial score (nSPS) is 10.5. The van der Waals surface area contributed by atoms with Gasteiger partial charge in [-0.2, -0.15) is 5.10 Å². The second-order valence-corrected chi connectivity index (χ2v) is 4.56. The predicted molar refractivity (Wildman–Crippen MR) is 72.9 cm³/mol. The van der Waals surface area contributed by atoms with Gasteiger partial charge in [0.15, 0.2) is 0 Å². The lowest BCUT2D eigenvalue weighted by Crippen LogP contribution is -2.09. The number of aryl methyl sites for hydroxylation is 2. The third-order valence-electron chi connectivity index (χ3n) is 2.70. The molecule has 0 atom stereocenters. The average Bonchev–Trinajstić information content (AvgIpc) is 2.68. The SMILES string of the molecule is Cc1cc(COC(=O)c2cccc(N)c2Cl)n(C)n1. The van der Waals surface area contributed by atoms with Gasteiger partial charge in [0.2, 0.25) is 0 Å². The molecule has 0 saturated carbocycles. The summed E-state index contributed by atoms with van der Waals surface area (Å²) < 4.78 is 6.87. The van der Waals surface area contributed by atoms with E-state index < -0.39 is 5.97 Å². The molecule has 0 bridgehead atoms. The predicted octanol–water partition coefficient (Wildman–Crippen LogP) is 2.32. The van der Waals surface area contributed by atoms with Gasteiger partial charge in [-0.1, -0.05) is 17.7 Å². The Hall–Kier alpha value is -2.01. The fourth-order valence-electron chi connectivity index (χ4n) is 1.72. The number of hydrogen-bond donors (Lipinski definition) is 1. The molecule has 100 valence electrons. The molecule has 0 amide bonds. The van der Waals surface area contributed by atoms with Crippen molar-refractivity contribution >= 4 is 23.3 Å². The molecule has 1 aromatic carbocycles. The molecule has 2 rings (SSSR count). The summed E-state index contributed by atoms with van der Waals surface area (Å²) >= 11 is 5.96. The zero-order chi connectivity index (χ0) is 14.0. The Bertz CT molecular complexity index is 622. The van der Waals surface area contributed by atoms with Crippen molar-refractivity contribution in [2.75, 3.05) is 5.73 Å². The summed E-state index contributed by atoms with van der Waals surface area (Å²) in [5.74, 6) is -0.504. The molecule has 0 fully saturated rings. The van der Waals surface area contributed by atoms with E-state index in [0.29, 0.717) is 5.69 Å². The first-order chi connectivity index (χ1) is 8.99. The van der Waals surface area contributed by atoms with E-state index in [4.69, 9.17) is 22.1 Å². The number of halogens is 1. The van der Waals surface area contributed by atoms with Gasteiger partial charge >= 0.3 is 5.97 Å². The largest absolute Gasteiger partial charge is 0.456 e.